The number of amides is 1. The molecule has 2 N–H and O–H groups in total. The van der Waals surface area contributed by atoms with Gasteiger partial charge in [0, 0.05) is 18.2 Å². The van der Waals surface area contributed by atoms with E-state index >= 15 is 0 Å². The highest BCUT2D eigenvalue weighted by Crippen LogP contribution is 2.17. The van der Waals surface area contributed by atoms with E-state index in [0.717, 1.165) is 25.1 Å². The molecule has 1 aliphatic heterocycles. The molecular weight excluding hydrogens is 236 g/mol. The second-order valence-corrected chi connectivity index (χ2v) is 5.37. The van der Waals surface area contributed by atoms with Crippen LogP contribution in [0.5, 0.6) is 0 Å². The maximum absolute atomic E-state index is 11.9. The van der Waals surface area contributed by atoms with E-state index in [2.05, 4.69) is 36.6 Å². The van der Waals surface area contributed by atoms with E-state index in [1.165, 1.54) is 24.0 Å². The van der Waals surface area contributed by atoms with Crippen LogP contribution in [0.4, 0.5) is 5.69 Å². The molecule has 0 bridgehead atoms. The van der Waals surface area contributed by atoms with Crippen LogP contribution in [0.15, 0.2) is 18.2 Å². The van der Waals surface area contributed by atoms with E-state index in [1.807, 2.05) is 6.07 Å². The maximum atomic E-state index is 11.9. The van der Waals surface area contributed by atoms with E-state index in [1.54, 1.807) is 0 Å². The molecule has 104 valence electrons. The Balaban J connectivity index is 1.84. The van der Waals surface area contributed by atoms with Crippen molar-refractivity contribution in [3.05, 3.63) is 29.3 Å². The van der Waals surface area contributed by atoms with Crippen molar-refractivity contribution in [3.63, 3.8) is 0 Å². The minimum Gasteiger partial charge on any atom is -0.326 e. The van der Waals surface area contributed by atoms with Gasteiger partial charge in [-0.3, -0.25) is 4.79 Å². The molecule has 1 fully saturated rings. The average molecular weight is 260 g/mol. The van der Waals surface area contributed by atoms with Gasteiger partial charge in [-0.15, -0.1) is 0 Å². The van der Waals surface area contributed by atoms with E-state index in [9.17, 15) is 4.79 Å². The monoisotopic (exact) mass is 260 g/mol. The molecule has 2 rings (SSSR count). The highest BCUT2D eigenvalue weighted by Gasteiger charge is 2.15. The zero-order valence-corrected chi connectivity index (χ0v) is 12.0. The number of benzene rings is 1. The van der Waals surface area contributed by atoms with Crippen LogP contribution < -0.4 is 10.6 Å². The molecule has 19 heavy (non-hydrogen) atoms. The molecule has 1 aromatic carbocycles. The fraction of sp³-hybridized carbons (Fsp3) is 0.562. The van der Waals surface area contributed by atoms with Crippen LogP contribution in [0.25, 0.3) is 0 Å². The molecule has 3 heteroatoms. The van der Waals surface area contributed by atoms with E-state index < -0.39 is 0 Å². The molecule has 0 saturated carbocycles. The molecule has 0 aliphatic carbocycles. The molecule has 1 amide bonds. The third kappa shape index (κ3) is 4.06. The van der Waals surface area contributed by atoms with Crippen molar-refractivity contribution < 1.29 is 4.79 Å². The van der Waals surface area contributed by atoms with Gasteiger partial charge in [0.15, 0.2) is 0 Å². The standard InChI is InChI=1S/C16H24N2O/c1-3-13-11-15(7-6-12(13)2)18-16(19)9-8-14-5-4-10-17-14/h6-7,11,14,17H,3-5,8-10H2,1-2H3,(H,18,19). The van der Waals surface area contributed by atoms with Crippen molar-refractivity contribution in [3.8, 4) is 0 Å². The van der Waals surface area contributed by atoms with Crippen LogP contribution in [-0.2, 0) is 11.2 Å². The number of hydrogen-bond donors (Lipinski definition) is 2. The Morgan fingerprint density at radius 3 is 3.00 bits per heavy atom. The van der Waals surface area contributed by atoms with Crippen molar-refractivity contribution in [2.75, 3.05) is 11.9 Å². The molecule has 0 spiro atoms. The Bertz CT molecular complexity index is 436. The van der Waals surface area contributed by atoms with Gasteiger partial charge in [-0.2, -0.15) is 0 Å². The molecular formula is C16H24N2O. The number of carbonyl (C=O) groups is 1. The predicted octanol–water partition coefficient (Wildman–Crippen LogP) is 3.03. The third-order valence-electron chi connectivity index (χ3n) is 3.90. The van der Waals surface area contributed by atoms with E-state index in [-0.39, 0.29) is 5.91 Å². The van der Waals surface area contributed by atoms with Crippen LogP contribution in [-0.4, -0.2) is 18.5 Å². The van der Waals surface area contributed by atoms with Crippen LogP contribution in [0, 0.1) is 6.92 Å². The van der Waals surface area contributed by atoms with Gasteiger partial charge in [0.05, 0.1) is 0 Å². The van der Waals surface area contributed by atoms with Gasteiger partial charge in [-0.1, -0.05) is 13.0 Å². The number of hydrogen-bond acceptors (Lipinski definition) is 2. The van der Waals surface area contributed by atoms with Gasteiger partial charge < -0.3 is 10.6 Å². The Labute approximate surface area is 115 Å². The smallest absolute Gasteiger partial charge is 0.224 e. The van der Waals surface area contributed by atoms with Crippen molar-refractivity contribution in [2.45, 2.75) is 52.0 Å². The van der Waals surface area contributed by atoms with Gasteiger partial charge in [0.2, 0.25) is 5.91 Å². The van der Waals surface area contributed by atoms with Gasteiger partial charge in [-0.25, -0.2) is 0 Å². The number of carbonyl (C=O) groups excluding carboxylic acids is 1. The topological polar surface area (TPSA) is 41.1 Å². The van der Waals surface area contributed by atoms with Crippen LogP contribution in [0.1, 0.15) is 43.7 Å². The lowest BCUT2D eigenvalue weighted by Crippen LogP contribution is -2.23. The Hall–Kier alpha value is -1.35. The first-order valence-corrected chi connectivity index (χ1v) is 7.32. The number of aryl methyl sites for hydroxylation is 2. The van der Waals surface area contributed by atoms with Crippen molar-refractivity contribution >= 4 is 11.6 Å². The Kier molecular flexibility index (Phi) is 4.97. The zero-order valence-electron chi connectivity index (χ0n) is 12.0. The fourth-order valence-electron chi connectivity index (χ4n) is 2.66. The highest BCUT2D eigenvalue weighted by molar-refractivity contribution is 5.90. The number of rotatable bonds is 5. The van der Waals surface area contributed by atoms with Gasteiger partial charge in [0.25, 0.3) is 0 Å². The second-order valence-electron chi connectivity index (χ2n) is 5.37. The second kappa shape index (κ2) is 6.71. The quantitative estimate of drug-likeness (QED) is 0.854. The lowest BCUT2D eigenvalue weighted by atomic mass is 10.1. The molecule has 1 saturated heterocycles. The predicted molar refractivity (Wildman–Crippen MR) is 79.4 cm³/mol. The summed E-state index contributed by atoms with van der Waals surface area (Å²) in [4.78, 5) is 11.9. The fourth-order valence-corrected chi connectivity index (χ4v) is 2.66. The molecule has 1 atom stereocenters. The number of nitrogens with one attached hydrogen (secondary N) is 2. The lowest BCUT2D eigenvalue weighted by molar-refractivity contribution is -0.116. The Morgan fingerprint density at radius 1 is 1.47 bits per heavy atom. The first-order valence-electron chi connectivity index (χ1n) is 7.32. The van der Waals surface area contributed by atoms with Crippen LogP contribution >= 0.6 is 0 Å². The summed E-state index contributed by atoms with van der Waals surface area (Å²) >= 11 is 0. The molecule has 1 aliphatic rings. The zero-order chi connectivity index (χ0) is 13.7. The molecule has 3 nitrogen and oxygen atoms in total. The van der Waals surface area contributed by atoms with E-state index in [4.69, 9.17) is 0 Å². The summed E-state index contributed by atoms with van der Waals surface area (Å²) in [5.41, 5.74) is 3.51. The van der Waals surface area contributed by atoms with Crippen LogP contribution in [0.3, 0.4) is 0 Å². The molecule has 1 heterocycles. The van der Waals surface area contributed by atoms with Crippen LogP contribution in [0.2, 0.25) is 0 Å². The summed E-state index contributed by atoms with van der Waals surface area (Å²) in [5.74, 6) is 0.125. The molecule has 0 aromatic heterocycles. The minimum atomic E-state index is 0.125. The lowest BCUT2D eigenvalue weighted by Gasteiger charge is -2.11. The number of anilines is 1. The normalized spacial score (nSPS) is 18.5. The van der Waals surface area contributed by atoms with Gasteiger partial charge in [-0.05, 0) is 62.4 Å². The maximum Gasteiger partial charge on any atom is 0.224 e. The summed E-state index contributed by atoms with van der Waals surface area (Å²) < 4.78 is 0. The highest BCUT2D eigenvalue weighted by atomic mass is 16.1. The average Bonchev–Trinajstić information content (AvgIpc) is 2.92. The van der Waals surface area contributed by atoms with Crippen molar-refractivity contribution in [1.82, 2.24) is 5.32 Å². The van der Waals surface area contributed by atoms with E-state index in [0.29, 0.717) is 12.5 Å². The summed E-state index contributed by atoms with van der Waals surface area (Å²) in [5, 5.41) is 6.42. The summed E-state index contributed by atoms with van der Waals surface area (Å²) in [6.07, 6.45) is 4.99. The van der Waals surface area contributed by atoms with Crippen molar-refractivity contribution in [2.24, 2.45) is 0 Å². The molecule has 1 unspecified atom stereocenters. The first kappa shape index (κ1) is 14.1. The van der Waals surface area contributed by atoms with Gasteiger partial charge >= 0.3 is 0 Å². The third-order valence-corrected chi connectivity index (χ3v) is 3.90. The summed E-state index contributed by atoms with van der Waals surface area (Å²) in [7, 11) is 0. The van der Waals surface area contributed by atoms with Gasteiger partial charge in [0.1, 0.15) is 0 Å². The molecule has 0 radical (unpaired) electrons. The van der Waals surface area contributed by atoms with Crippen molar-refractivity contribution in [1.29, 1.82) is 0 Å². The Morgan fingerprint density at radius 2 is 2.32 bits per heavy atom. The largest absolute Gasteiger partial charge is 0.326 e. The molecule has 1 aromatic rings. The summed E-state index contributed by atoms with van der Waals surface area (Å²) in [6.45, 7) is 5.35. The minimum absolute atomic E-state index is 0.125. The first-order chi connectivity index (χ1) is 9.19. The SMILES string of the molecule is CCc1cc(NC(=O)CCC2CCCN2)ccc1C. The summed E-state index contributed by atoms with van der Waals surface area (Å²) in [6, 6.07) is 6.68.